The van der Waals surface area contributed by atoms with Crippen molar-refractivity contribution >= 4 is 23.2 Å². The van der Waals surface area contributed by atoms with Gasteiger partial charge in [0.2, 0.25) is 0 Å². The molecule has 4 heteroatoms. The van der Waals surface area contributed by atoms with Crippen LogP contribution in [0.5, 0.6) is 0 Å². The van der Waals surface area contributed by atoms with E-state index in [9.17, 15) is 0 Å². The molecule has 86 valence electrons. The molecule has 2 atom stereocenters. The lowest BCUT2D eigenvalue weighted by Crippen LogP contribution is -2.45. The van der Waals surface area contributed by atoms with Gasteiger partial charge in [0.25, 0.3) is 0 Å². The molecule has 1 aliphatic rings. The van der Waals surface area contributed by atoms with Crippen molar-refractivity contribution in [3.63, 3.8) is 0 Å². The zero-order valence-corrected chi connectivity index (χ0v) is 10.6. The Kier molecular flexibility index (Phi) is 5.51. The van der Waals surface area contributed by atoms with Crippen LogP contribution in [0.25, 0.3) is 0 Å². The molecule has 0 saturated carbocycles. The van der Waals surface area contributed by atoms with Crippen molar-refractivity contribution in [2.45, 2.75) is 17.7 Å². The number of piperazine rings is 1. The van der Waals surface area contributed by atoms with E-state index in [-0.39, 0.29) is 10.8 Å². The summed E-state index contributed by atoms with van der Waals surface area (Å²) in [6.45, 7) is 9.86. The number of halogens is 2. The van der Waals surface area contributed by atoms with Crippen LogP contribution in [-0.2, 0) is 0 Å². The van der Waals surface area contributed by atoms with Gasteiger partial charge in [0.15, 0.2) is 0 Å². The first-order valence-electron chi connectivity index (χ1n) is 5.22. The standard InChI is InChI=1S/C11H18Cl2N2/c1-3-4-10(12)11(13)9(2)15-7-5-14-6-8-15/h3-4,10-11,14H,2,5-8H2,1H3. The van der Waals surface area contributed by atoms with Crippen LogP contribution in [0, 0.1) is 0 Å². The lowest BCUT2D eigenvalue weighted by molar-refractivity contribution is 0.293. The lowest BCUT2D eigenvalue weighted by Gasteiger charge is -2.33. The second-order valence-corrected chi connectivity index (χ2v) is 4.57. The molecular formula is C11H18Cl2N2. The first-order valence-corrected chi connectivity index (χ1v) is 6.09. The maximum absolute atomic E-state index is 6.25. The van der Waals surface area contributed by atoms with E-state index in [4.69, 9.17) is 23.2 Å². The highest BCUT2D eigenvalue weighted by Crippen LogP contribution is 2.21. The van der Waals surface area contributed by atoms with Gasteiger partial charge in [-0.25, -0.2) is 0 Å². The molecule has 1 N–H and O–H groups in total. The molecule has 0 bridgehead atoms. The maximum atomic E-state index is 6.25. The normalized spacial score (nSPS) is 21.7. The highest BCUT2D eigenvalue weighted by atomic mass is 35.5. The summed E-state index contributed by atoms with van der Waals surface area (Å²) in [5, 5.41) is 2.89. The van der Waals surface area contributed by atoms with E-state index in [1.54, 1.807) is 0 Å². The highest BCUT2D eigenvalue weighted by molar-refractivity contribution is 6.32. The van der Waals surface area contributed by atoms with Crippen molar-refractivity contribution in [3.05, 3.63) is 24.4 Å². The minimum absolute atomic E-state index is 0.181. The molecule has 0 aromatic rings. The van der Waals surface area contributed by atoms with Crippen LogP contribution in [0.1, 0.15) is 6.92 Å². The highest BCUT2D eigenvalue weighted by Gasteiger charge is 2.22. The van der Waals surface area contributed by atoms with Gasteiger partial charge < -0.3 is 10.2 Å². The van der Waals surface area contributed by atoms with E-state index in [1.807, 2.05) is 19.1 Å². The van der Waals surface area contributed by atoms with Crippen LogP contribution in [0.2, 0.25) is 0 Å². The third-order valence-corrected chi connectivity index (χ3v) is 3.55. The van der Waals surface area contributed by atoms with Crippen molar-refractivity contribution < 1.29 is 0 Å². The molecule has 0 aromatic heterocycles. The fourth-order valence-electron chi connectivity index (χ4n) is 1.59. The molecule has 1 rings (SSSR count). The first kappa shape index (κ1) is 12.9. The molecular weight excluding hydrogens is 231 g/mol. The van der Waals surface area contributed by atoms with Crippen molar-refractivity contribution in [1.82, 2.24) is 10.2 Å². The van der Waals surface area contributed by atoms with Gasteiger partial charge in [0.1, 0.15) is 0 Å². The Morgan fingerprint density at radius 1 is 1.40 bits per heavy atom. The smallest absolute Gasteiger partial charge is 0.0926 e. The molecule has 0 radical (unpaired) electrons. The second kappa shape index (κ2) is 6.41. The van der Waals surface area contributed by atoms with Gasteiger partial charge in [-0.05, 0) is 6.92 Å². The molecule has 1 heterocycles. The van der Waals surface area contributed by atoms with Crippen LogP contribution < -0.4 is 5.32 Å². The summed E-state index contributed by atoms with van der Waals surface area (Å²) in [6.07, 6.45) is 3.81. The van der Waals surface area contributed by atoms with Crippen molar-refractivity contribution in [1.29, 1.82) is 0 Å². The van der Waals surface area contributed by atoms with Crippen LogP contribution in [0.4, 0.5) is 0 Å². The van der Waals surface area contributed by atoms with Gasteiger partial charge in [0, 0.05) is 31.9 Å². The van der Waals surface area contributed by atoms with Gasteiger partial charge in [0.05, 0.1) is 10.8 Å². The molecule has 15 heavy (non-hydrogen) atoms. The minimum Gasteiger partial charge on any atom is -0.371 e. The third kappa shape index (κ3) is 3.71. The summed E-state index contributed by atoms with van der Waals surface area (Å²) in [5.41, 5.74) is 0.927. The van der Waals surface area contributed by atoms with Gasteiger partial charge in [-0.3, -0.25) is 0 Å². The van der Waals surface area contributed by atoms with Crippen LogP contribution >= 0.6 is 23.2 Å². The van der Waals surface area contributed by atoms with Gasteiger partial charge in [-0.2, -0.15) is 0 Å². The summed E-state index contributed by atoms with van der Waals surface area (Å²) >= 11 is 12.4. The quantitative estimate of drug-likeness (QED) is 0.607. The fraction of sp³-hybridized carbons (Fsp3) is 0.636. The zero-order valence-electron chi connectivity index (χ0n) is 9.05. The summed E-state index contributed by atoms with van der Waals surface area (Å²) in [7, 11) is 0. The topological polar surface area (TPSA) is 15.3 Å². The Bertz CT molecular complexity index is 235. The molecule has 0 aromatic carbocycles. The summed E-state index contributed by atoms with van der Waals surface area (Å²) in [6, 6.07) is 0. The number of allylic oxidation sites excluding steroid dienone is 3. The number of nitrogens with one attached hydrogen (secondary N) is 1. The average Bonchev–Trinajstić information content (AvgIpc) is 2.28. The van der Waals surface area contributed by atoms with Gasteiger partial charge >= 0.3 is 0 Å². The monoisotopic (exact) mass is 248 g/mol. The lowest BCUT2D eigenvalue weighted by atomic mass is 10.2. The molecule has 1 fully saturated rings. The summed E-state index contributed by atoms with van der Waals surface area (Å²) in [5.74, 6) is 0. The molecule has 2 nitrogen and oxygen atoms in total. The Morgan fingerprint density at radius 2 is 2.00 bits per heavy atom. The Balaban J connectivity index is 2.50. The van der Waals surface area contributed by atoms with Crippen molar-refractivity contribution in [2.24, 2.45) is 0 Å². The fourth-order valence-corrected chi connectivity index (χ4v) is 2.10. The van der Waals surface area contributed by atoms with E-state index >= 15 is 0 Å². The van der Waals surface area contributed by atoms with Crippen molar-refractivity contribution in [2.75, 3.05) is 26.2 Å². The predicted octanol–water partition coefficient (Wildman–Crippen LogP) is 2.20. The number of rotatable bonds is 4. The van der Waals surface area contributed by atoms with Crippen LogP contribution in [0.3, 0.4) is 0 Å². The molecule has 1 saturated heterocycles. The maximum Gasteiger partial charge on any atom is 0.0926 e. The van der Waals surface area contributed by atoms with E-state index in [2.05, 4.69) is 16.8 Å². The number of nitrogens with zero attached hydrogens (tertiary/aromatic N) is 1. The SMILES string of the molecule is C=C(C(Cl)C(Cl)C=CC)N1CCNCC1. The van der Waals surface area contributed by atoms with E-state index in [1.165, 1.54) is 0 Å². The molecule has 2 unspecified atom stereocenters. The molecule has 0 spiro atoms. The van der Waals surface area contributed by atoms with Gasteiger partial charge in [-0.15, -0.1) is 23.2 Å². The molecule has 1 aliphatic heterocycles. The van der Waals surface area contributed by atoms with Crippen LogP contribution in [0.15, 0.2) is 24.4 Å². The number of hydrogen-bond acceptors (Lipinski definition) is 2. The van der Waals surface area contributed by atoms with Crippen molar-refractivity contribution in [3.8, 4) is 0 Å². The zero-order chi connectivity index (χ0) is 11.3. The summed E-state index contributed by atoms with van der Waals surface area (Å²) < 4.78 is 0. The Labute approximate surface area is 102 Å². The number of hydrogen-bond donors (Lipinski definition) is 1. The predicted molar refractivity (Wildman–Crippen MR) is 67.7 cm³/mol. The first-order chi connectivity index (χ1) is 7.16. The minimum atomic E-state index is -0.221. The average molecular weight is 249 g/mol. The Hall–Kier alpha value is -0.180. The van der Waals surface area contributed by atoms with Gasteiger partial charge in [-0.1, -0.05) is 18.7 Å². The van der Waals surface area contributed by atoms with Crippen LogP contribution in [-0.4, -0.2) is 41.8 Å². The second-order valence-electron chi connectivity index (χ2n) is 3.60. The Morgan fingerprint density at radius 3 is 2.53 bits per heavy atom. The number of alkyl halides is 2. The largest absolute Gasteiger partial charge is 0.371 e. The summed E-state index contributed by atoms with van der Waals surface area (Å²) in [4.78, 5) is 2.20. The van der Waals surface area contributed by atoms with E-state index < -0.39 is 0 Å². The third-order valence-electron chi connectivity index (χ3n) is 2.50. The molecule has 0 amide bonds. The molecule has 0 aliphatic carbocycles. The van der Waals surface area contributed by atoms with E-state index in [0.29, 0.717) is 0 Å². The van der Waals surface area contributed by atoms with E-state index in [0.717, 1.165) is 31.9 Å².